The van der Waals surface area contributed by atoms with E-state index in [2.05, 4.69) is 21.3 Å². The molecule has 0 saturated carbocycles. The molecule has 0 bridgehead atoms. The first-order valence-corrected chi connectivity index (χ1v) is 6.71. The summed E-state index contributed by atoms with van der Waals surface area (Å²) in [4.78, 5) is 16.3. The number of nitrogens with zero attached hydrogens (tertiary/aromatic N) is 3. The minimum absolute atomic E-state index is 0.112. The standard InChI is InChI=1S/C12H11ClN4OS/c1-3-4-17-12(18)11(10(13)6-15-17)14-5-9-7-19-8(2)16-9/h1,6-7,14H,4-5H2,2H3. The molecule has 7 heteroatoms. The predicted molar refractivity (Wildman–Crippen MR) is 76.5 cm³/mol. The van der Waals surface area contributed by atoms with Gasteiger partial charge < -0.3 is 5.32 Å². The van der Waals surface area contributed by atoms with Crippen LogP contribution < -0.4 is 10.9 Å². The summed E-state index contributed by atoms with van der Waals surface area (Å²) in [5.74, 6) is 2.37. The van der Waals surface area contributed by atoms with Crippen LogP contribution in [0.25, 0.3) is 0 Å². The van der Waals surface area contributed by atoms with Crippen LogP contribution in [0.5, 0.6) is 0 Å². The Morgan fingerprint density at radius 1 is 1.63 bits per heavy atom. The lowest BCUT2D eigenvalue weighted by Gasteiger charge is -2.08. The molecule has 2 aromatic rings. The Bertz CT molecular complexity index is 686. The average molecular weight is 295 g/mol. The molecule has 1 N–H and O–H groups in total. The highest BCUT2D eigenvalue weighted by atomic mass is 35.5. The number of thiazole rings is 1. The van der Waals surface area contributed by atoms with Crippen molar-refractivity contribution in [3.8, 4) is 12.3 Å². The zero-order valence-corrected chi connectivity index (χ0v) is 11.8. The van der Waals surface area contributed by atoms with E-state index in [-0.39, 0.29) is 22.8 Å². The first-order chi connectivity index (χ1) is 9.11. The third-order valence-corrected chi connectivity index (χ3v) is 3.46. The largest absolute Gasteiger partial charge is 0.374 e. The van der Waals surface area contributed by atoms with Crippen LogP contribution in [-0.4, -0.2) is 14.8 Å². The van der Waals surface area contributed by atoms with Gasteiger partial charge in [-0.15, -0.1) is 17.8 Å². The van der Waals surface area contributed by atoms with Crippen molar-refractivity contribution in [1.82, 2.24) is 14.8 Å². The van der Waals surface area contributed by atoms with Gasteiger partial charge in [-0.2, -0.15) is 5.10 Å². The van der Waals surface area contributed by atoms with Crippen molar-refractivity contribution < 1.29 is 0 Å². The number of aromatic nitrogens is 3. The van der Waals surface area contributed by atoms with E-state index in [1.807, 2.05) is 12.3 Å². The summed E-state index contributed by atoms with van der Waals surface area (Å²) in [7, 11) is 0. The zero-order chi connectivity index (χ0) is 13.8. The Balaban J connectivity index is 2.22. The minimum Gasteiger partial charge on any atom is -0.374 e. The molecule has 2 aromatic heterocycles. The SMILES string of the molecule is C#CCn1ncc(Cl)c(NCc2csc(C)n2)c1=O. The molecule has 0 aliphatic carbocycles. The van der Waals surface area contributed by atoms with Crippen LogP contribution in [0.4, 0.5) is 5.69 Å². The Labute approximate surface area is 119 Å². The highest BCUT2D eigenvalue weighted by Crippen LogP contribution is 2.16. The van der Waals surface area contributed by atoms with Crippen LogP contribution in [0.3, 0.4) is 0 Å². The predicted octanol–water partition coefficient (Wildman–Crippen LogP) is 1.91. The van der Waals surface area contributed by atoms with Gasteiger partial charge in [0.15, 0.2) is 0 Å². The highest BCUT2D eigenvalue weighted by molar-refractivity contribution is 7.09. The van der Waals surface area contributed by atoms with Crippen LogP contribution in [-0.2, 0) is 13.1 Å². The summed E-state index contributed by atoms with van der Waals surface area (Å²) < 4.78 is 1.18. The zero-order valence-electron chi connectivity index (χ0n) is 10.2. The summed E-state index contributed by atoms with van der Waals surface area (Å²) in [6, 6.07) is 0. The number of anilines is 1. The van der Waals surface area contributed by atoms with Crippen molar-refractivity contribution in [2.75, 3.05) is 5.32 Å². The van der Waals surface area contributed by atoms with Crippen molar-refractivity contribution in [1.29, 1.82) is 0 Å². The van der Waals surface area contributed by atoms with Crippen molar-refractivity contribution in [2.24, 2.45) is 0 Å². The van der Waals surface area contributed by atoms with E-state index in [4.69, 9.17) is 18.0 Å². The highest BCUT2D eigenvalue weighted by Gasteiger charge is 2.09. The summed E-state index contributed by atoms with van der Waals surface area (Å²) >= 11 is 7.52. The molecule has 0 unspecified atom stereocenters. The molecule has 0 spiro atoms. The Morgan fingerprint density at radius 2 is 2.42 bits per heavy atom. The first kappa shape index (κ1) is 13.6. The van der Waals surface area contributed by atoms with Gasteiger partial charge in [-0.3, -0.25) is 4.79 Å². The minimum atomic E-state index is -0.336. The molecule has 0 fully saturated rings. The van der Waals surface area contributed by atoms with Gasteiger partial charge in [0.1, 0.15) is 12.2 Å². The van der Waals surface area contributed by atoms with Crippen LogP contribution in [0.2, 0.25) is 5.02 Å². The molecule has 0 saturated heterocycles. The molecular weight excluding hydrogens is 284 g/mol. The topological polar surface area (TPSA) is 59.8 Å². The molecule has 19 heavy (non-hydrogen) atoms. The molecule has 0 radical (unpaired) electrons. The lowest BCUT2D eigenvalue weighted by Crippen LogP contribution is -2.25. The number of hydrogen-bond acceptors (Lipinski definition) is 5. The lowest BCUT2D eigenvalue weighted by atomic mass is 10.4. The Kier molecular flexibility index (Phi) is 4.20. The third kappa shape index (κ3) is 3.13. The summed E-state index contributed by atoms with van der Waals surface area (Å²) in [5.41, 5.74) is 0.813. The van der Waals surface area contributed by atoms with Gasteiger partial charge in [0, 0.05) is 5.38 Å². The molecular formula is C12H11ClN4OS. The second kappa shape index (κ2) is 5.87. The molecule has 0 aromatic carbocycles. The van der Waals surface area contributed by atoms with E-state index in [1.54, 1.807) is 11.3 Å². The van der Waals surface area contributed by atoms with Gasteiger partial charge in [-0.05, 0) is 6.92 Å². The number of aryl methyl sites for hydroxylation is 1. The fourth-order valence-corrected chi connectivity index (χ4v) is 2.30. The fraction of sp³-hybridized carbons (Fsp3) is 0.250. The van der Waals surface area contributed by atoms with Gasteiger partial charge in [-0.25, -0.2) is 9.67 Å². The Hall–Kier alpha value is -1.84. The number of hydrogen-bond donors (Lipinski definition) is 1. The van der Waals surface area contributed by atoms with Gasteiger partial charge in [0.2, 0.25) is 0 Å². The van der Waals surface area contributed by atoms with Crippen molar-refractivity contribution >= 4 is 28.6 Å². The number of terminal acetylenes is 1. The number of halogens is 1. The summed E-state index contributed by atoms with van der Waals surface area (Å²) in [6.07, 6.45) is 6.57. The third-order valence-electron chi connectivity index (χ3n) is 2.35. The molecule has 5 nitrogen and oxygen atoms in total. The van der Waals surface area contributed by atoms with Gasteiger partial charge in [-0.1, -0.05) is 17.5 Å². The van der Waals surface area contributed by atoms with Crippen molar-refractivity contribution in [3.05, 3.63) is 37.7 Å². The van der Waals surface area contributed by atoms with Gasteiger partial charge >= 0.3 is 0 Å². The van der Waals surface area contributed by atoms with Crippen molar-refractivity contribution in [3.63, 3.8) is 0 Å². The van der Waals surface area contributed by atoms with Crippen LogP contribution in [0.1, 0.15) is 10.7 Å². The van der Waals surface area contributed by atoms with E-state index in [0.29, 0.717) is 6.54 Å². The van der Waals surface area contributed by atoms with Crippen LogP contribution in [0.15, 0.2) is 16.4 Å². The van der Waals surface area contributed by atoms with Gasteiger partial charge in [0.25, 0.3) is 5.56 Å². The summed E-state index contributed by atoms with van der Waals surface area (Å²) in [6.45, 7) is 2.47. The monoisotopic (exact) mass is 294 g/mol. The molecule has 2 rings (SSSR count). The lowest BCUT2D eigenvalue weighted by molar-refractivity contribution is 0.664. The van der Waals surface area contributed by atoms with E-state index in [0.717, 1.165) is 10.7 Å². The maximum absolute atomic E-state index is 12.0. The maximum Gasteiger partial charge on any atom is 0.292 e. The van der Waals surface area contributed by atoms with Crippen LogP contribution in [0, 0.1) is 19.3 Å². The number of nitrogens with one attached hydrogen (secondary N) is 1. The first-order valence-electron chi connectivity index (χ1n) is 5.45. The smallest absolute Gasteiger partial charge is 0.292 e. The number of rotatable bonds is 4. The molecule has 0 amide bonds. The van der Waals surface area contributed by atoms with E-state index < -0.39 is 0 Å². The normalized spacial score (nSPS) is 10.2. The molecule has 0 aliphatic heterocycles. The van der Waals surface area contributed by atoms with Gasteiger partial charge in [0.05, 0.1) is 28.5 Å². The summed E-state index contributed by atoms with van der Waals surface area (Å²) in [5, 5.41) is 10.0. The molecule has 2 heterocycles. The van der Waals surface area contributed by atoms with Crippen molar-refractivity contribution in [2.45, 2.75) is 20.0 Å². The average Bonchev–Trinajstić information content (AvgIpc) is 2.79. The van der Waals surface area contributed by atoms with E-state index >= 15 is 0 Å². The van der Waals surface area contributed by atoms with E-state index in [9.17, 15) is 4.79 Å². The second-order valence-corrected chi connectivity index (χ2v) is 5.22. The fourth-order valence-electron chi connectivity index (χ4n) is 1.50. The second-order valence-electron chi connectivity index (χ2n) is 3.75. The molecule has 98 valence electrons. The van der Waals surface area contributed by atoms with Crippen LogP contribution >= 0.6 is 22.9 Å². The molecule has 0 atom stereocenters. The van der Waals surface area contributed by atoms with E-state index in [1.165, 1.54) is 10.9 Å². The quantitative estimate of drug-likeness (QED) is 0.875. The Morgan fingerprint density at radius 3 is 3.05 bits per heavy atom. The maximum atomic E-state index is 12.0. The molecule has 0 aliphatic rings.